The lowest BCUT2D eigenvalue weighted by molar-refractivity contribution is 0.0268. The third-order valence-corrected chi connectivity index (χ3v) is 3.45. The van der Waals surface area contributed by atoms with E-state index in [9.17, 15) is 0 Å². The number of aliphatic imine (C=N–C) groups is 1. The Morgan fingerprint density at radius 3 is 2.10 bits per heavy atom. The molecule has 0 aromatic rings. The zero-order valence-corrected chi connectivity index (χ0v) is 14.6. The summed E-state index contributed by atoms with van der Waals surface area (Å²) in [7, 11) is 3.51. The van der Waals surface area contributed by atoms with Gasteiger partial charge in [-0.25, -0.2) is 0 Å². The lowest BCUT2D eigenvalue weighted by Crippen LogP contribution is -2.48. The Labute approximate surface area is 125 Å². The molecule has 120 valence electrons. The van der Waals surface area contributed by atoms with Crippen LogP contribution in [0, 0.1) is 0 Å². The van der Waals surface area contributed by atoms with Gasteiger partial charge in [0.05, 0.1) is 5.60 Å². The fraction of sp³-hybridized carbons (Fsp3) is 0.933. The van der Waals surface area contributed by atoms with E-state index >= 15 is 0 Å². The topological polar surface area (TPSA) is 48.9 Å². The summed E-state index contributed by atoms with van der Waals surface area (Å²) in [5.74, 6) is 0.822. The Kier molecular flexibility index (Phi) is 8.81. The maximum atomic E-state index is 5.38. The van der Waals surface area contributed by atoms with Crippen LogP contribution >= 0.6 is 0 Å². The number of rotatable bonds is 8. The molecule has 0 aromatic carbocycles. The maximum Gasteiger partial charge on any atom is 0.191 e. The Morgan fingerprint density at radius 2 is 1.70 bits per heavy atom. The molecule has 0 amide bonds. The molecule has 0 bridgehead atoms. The molecule has 20 heavy (non-hydrogen) atoms. The van der Waals surface area contributed by atoms with Crippen LogP contribution in [0.2, 0.25) is 0 Å². The van der Waals surface area contributed by atoms with Crippen molar-refractivity contribution in [3.63, 3.8) is 0 Å². The van der Waals surface area contributed by atoms with Gasteiger partial charge >= 0.3 is 0 Å². The second-order valence-electron chi connectivity index (χ2n) is 6.24. The van der Waals surface area contributed by atoms with Gasteiger partial charge in [-0.1, -0.05) is 0 Å². The monoisotopic (exact) mass is 286 g/mol. The van der Waals surface area contributed by atoms with Gasteiger partial charge in [0, 0.05) is 45.9 Å². The molecule has 0 radical (unpaired) electrons. The summed E-state index contributed by atoms with van der Waals surface area (Å²) in [6.45, 7) is 15.6. The van der Waals surface area contributed by atoms with Crippen molar-refractivity contribution < 1.29 is 4.74 Å². The summed E-state index contributed by atoms with van der Waals surface area (Å²) in [4.78, 5) is 6.69. The summed E-state index contributed by atoms with van der Waals surface area (Å²) >= 11 is 0. The third kappa shape index (κ3) is 7.70. The molecule has 5 nitrogen and oxygen atoms in total. The van der Waals surface area contributed by atoms with E-state index in [-0.39, 0.29) is 5.60 Å². The van der Waals surface area contributed by atoms with E-state index in [0.29, 0.717) is 12.1 Å². The molecular weight excluding hydrogens is 252 g/mol. The van der Waals surface area contributed by atoms with Crippen LogP contribution in [-0.4, -0.2) is 62.3 Å². The fourth-order valence-electron chi connectivity index (χ4n) is 2.01. The summed E-state index contributed by atoms with van der Waals surface area (Å²) in [5, 5.41) is 6.64. The molecule has 2 N–H and O–H groups in total. The molecule has 0 saturated carbocycles. The number of ether oxygens (including phenoxy) is 1. The number of hydrogen-bond donors (Lipinski definition) is 2. The van der Waals surface area contributed by atoms with E-state index in [2.05, 4.69) is 48.2 Å². The zero-order valence-electron chi connectivity index (χ0n) is 14.6. The highest BCUT2D eigenvalue weighted by Crippen LogP contribution is 2.05. The second-order valence-corrected chi connectivity index (χ2v) is 6.24. The average molecular weight is 286 g/mol. The molecule has 0 spiro atoms. The molecule has 0 rings (SSSR count). The molecule has 0 atom stereocenters. The molecule has 0 aromatic heterocycles. The van der Waals surface area contributed by atoms with Crippen molar-refractivity contribution in [2.45, 2.75) is 59.2 Å². The van der Waals surface area contributed by atoms with Gasteiger partial charge in [-0.15, -0.1) is 0 Å². The first-order chi connectivity index (χ1) is 9.23. The SMILES string of the molecule is CN=C(NCCN(C(C)C)C(C)C)NCC(C)(C)OC. The van der Waals surface area contributed by atoms with Gasteiger partial charge < -0.3 is 15.4 Å². The normalized spacial score (nSPS) is 13.4. The third-order valence-electron chi connectivity index (χ3n) is 3.45. The van der Waals surface area contributed by atoms with Crippen molar-refractivity contribution in [3.8, 4) is 0 Å². The average Bonchev–Trinajstić information content (AvgIpc) is 2.37. The minimum Gasteiger partial charge on any atom is -0.377 e. The Morgan fingerprint density at radius 1 is 1.15 bits per heavy atom. The Hall–Kier alpha value is -0.810. The molecule has 0 aliphatic carbocycles. The molecule has 5 heteroatoms. The van der Waals surface area contributed by atoms with E-state index in [1.165, 1.54) is 0 Å². The zero-order chi connectivity index (χ0) is 15.8. The standard InChI is InChI=1S/C15H34N4O/c1-12(2)19(13(3)4)10-9-17-14(16-7)18-11-15(5,6)20-8/h12-13H,9-11H2,1-8H3,(H2,16,17,18). The first-order valence-electron chi connectivity index (χ1n) is 7.49. The van der Waals surface area contributed by atoms with Gasteiger partial charge in [0.15, 0.2) is 5.96 Å². The largest absolute Gasteiger partial charge is 0.377 e. The highest BCUT2D eigenvalue weighted by atomic mass is 16.5. The molecule has 0 heterocycles. The van der Waals surface area contributed by atoms with Crippen molar-refractivity contribution in [1.82, 2.24) is 15.5 Å². The van der Waals surface area contributed by atoms with Gasteiger partial charge in [-0.2, -0.15) is 0 Å². The van der Waals surface area contributed by atoms with E-state index in [1.807, 2.05) is 13.8 Å². The van der Waals surface area contributed by atoms with Crippen molar-refractivity contribution in [2.24, 2.45) is 4.99 Å². The van der Waals surface area contributed by atoms with Crippen molar-refractivity contribution in [1.29, 1.82) is 0 Å². The Bertz CT molecular complexity index is 280. The molecule has 0 fully saturated rings. The van der Waals surface area contributed by atoms with Crippen molar-refractivity contribution in [2.75, 3.05) is 33.8 Å². The number of nitrogens with zero attached hydrogens (tertiary/aromatic N) is 2. The highest BCUT2D eigenvalue weighted by Gasteiger charge is 2.17. The number of methoxy groups -OCH3 is 1. The van der Waals surface area contributed by atoms with Crippen molar-refractivity contribution in [3.05, 3.63) is 0 Å². The minimum absolute atomic E-state index is 0.195. The lowest BCUT2D eigenvalue weighted by Gasteiger charge is -2.31. The fourth-order valence-corrected chi connectivity index (χ4v) is 2.01. The predicted molar refractivity (Wildman–Crippen MR) is 87.4 cm³/mol. The number of hydrogen-bond acceptors (Lipinski definition) is 3. The van der Waals surface area contributed by atoms with Crippen LogP contribution in [0.1, 0.15) is 41.5 Å². The molecule has 0 saturated heterocycles. The van der Waals surface area contributed by atoms with Crippen LogP contribution in [-0.2, 0) is 4.74 Å². The van der Waals surface area contributed by atoms with E-state index in [1.54, 1.807) is 14.2 Å². The first-order valence-corrected chi connectivity index (χ1v) is 7.49. The predicted octanol–water partition coefficient (Wildman–Crippen LogP) is 1.70. The highest BCUT2D eigenvalue weighted by molar-refractivity contribution is 5.79. The van der Waals surface area contributed by atoms with Gasteiger partial charge in [0.2, 0.25) is 0 Å². The van der Waals surface area contributed by atoms with E-state index in [4.69, 9.17) is 4.74 Å². The van der Waals surface area contributed by atoms with Gasteiger partial charge in [-0.3, -0.25) is 9.89 Å². The van der Waals surface area contributed by atoms with Crippen LogP contribution in [0.4, 0.5) is 0 Å². The second kappa shape index (κ2) is 9.19. The van der Waals surface area contributed by atoms with Crippen LogP contribution in [0.5, 0.6) is 0 Å². The summed E-state index contributed by atoms with van der Waals surface area (Å²) in [6.07, 6.45) is 0. The van der Waals surface area contributed by atoms with Gasteiger partial charge in [-0.05, 0) is 41.5 Å². The quantitative estimate of drug-likeness (QED) is 0.527. The molecule has 0 aliphatic heterocycles. The van der Waals surface area contributed by atoms with Gasteiger partial charge in [0.1, 0.15) is 0 Å². The summed E-state index contributed by atoms with van der Waals surface area (Å²) < 4.78 is 5.38. The van der Waals surface area contributed by atoms with Gasteiger partial charge in [0.25, 0.3) is 0 Å². The van der Waals surface area contributed by atoms with Crippen LogP contribution < -0.4 is 10.6 Å². The van der Waals surface area contributed by atoms with Crippen molar-refractivity contribution >= 4 is 5.96 Å². The Balaban J connectivity index is 4.15. The molecular formula is C15H34N4O. The first kappa shape index (κ1) is 19.2. The number of guanidine groups is 1. The minimum atomic E-state index is -0.195. The summed E-state index contributed by atoms with van der Waals surface area (Å²) in [6, 6.07) is 1.11. The number of nitrogens with one attached hydrogen (secondary N) is 2. The maximum absolute atomic E-state index is 5.38. The van der Waals surface area contributed by atoms with Crippen LogP contribution in [0.15, 0.2) is 4.99 Å². The smallest absolute Gasteiger partial charge is 0.191 e. The lowest BCUT2D eigenvalue weighted by atomic mass is 10.1. The van der Waals surface area contributed by atoms with E-state index < -0.39 is 0 Å². The van der Waals surface area contributed by atoms with Crippen LogP contribution in [0.3, 0.4) is 0 Å². The molecule has 0 aliphatic rings. The van der Waals surface area contributed by atoms with E-state index in [0.717, 1.165) is 25.6 Å². The summed E-state index contributed by atoms with van der Waals surface area (Å²) in [5.41, 5.74) is -0.195. The molecule has 0 unspecified atom stereocenters. The van der Waals surface area contributed by atoms with Crippen LogP contribution in [0.25, 0.3) is 0 Å².